The number of benzene rings is 2. The predicted octanol–water partition coefficient (Wildman–Crippen LogP) is 2.01. The van der Waals surface area contributed by atoms with Gasteiger partial charge in [0.2, 0.25) is 21.8 Å². The largest absolute Gasteiger partial charge is 0.379 e. The lowest BCUT2D eigenvalue weighted by Gasteiger charge is -2.26. The third-order valence-electron chi connectivity index (χ3n) is 5.55. The van der Waals surface area contributed by atoms with Gasteiger partial charge < -0.3 is 15.0 Å². The molecule has 8 nitrogen and oxygen atoms in total. The van der Waals surface area contributed by atoms with Crippen molar-refractivity contribution in [1.29, 1.82) is 0 Å². The third-order valence-corrected chi connectivity index (χ3v) is 7.45. The number of morpholine rings is 1. The van der Waals surface area contributed by atoms with Crippen LogP contribution in [0.1, 0.15) is 12.0 Å². The van der Waals surface area contributed by atoms with Crippen molar-refractivity contribution in [1.82, 2.24) is 4.31 Å². The van der Waals surface area contributed by atoms with Gasteiger partial charge >= 0.3 is 0 Å². The first-order valence-corrected chi connectivity index (χ1v) is 11.6. The summed E-state index contributed by atoms with van der Waals surface area (Å²) < 4.78 is 32.3. The van der Waals surface area contributed by atoms with Crippen molar-refractivity contribution in [3.8, 4) is 0 Å². The summed E-state index contributed by atoms with van der Waals surface area (Å²) in [5, 5.41) is 2.78. The van der Waals surface area contributed by atoms with Crippen molar-refractivity contribution < 1.29 is 22.7 Å². The Bertz CT molecular complexity index is 1080. The Labute approximate surface area is 181 Å². The summed E-state index contributed by atoms with van der Waals surface area (Å²) in [6.45, 7) is 3.60. The second kappa shape index (κ2) is 8.78. The minimum atomic E-state index is -3.66. The van der Waals surface area contributed by atoms with E-state index in [0.29, 0.717) is 38.5 Å². The number of amides is 2. The van der Waals surface area contributed by atoms with E-state index in [1.54, 1.807) is 17.0 Å². The molecule has 0 aromatic heterocycles. The first-order chi connectivity index (χ1) is 14.8. The van der Waals surface area contributed by atoms with E-state index in [9.17, 15) is 18.0 Å². The molecule has 2 aliphatic rings. The Morgan fingerprint density at radius 3 is 2.52 bits per heavy atom. The minimum Gasteiger partial charge on any atom is -0.379 e. The van der Waals surface area contributed by atoms with Gasteiger partial charge in [0.1, 0.15) is 0 Å². The molecule has 1 atom stereocenters. The molecule has 9 heteroatoms. The Morgan fingerprint density at radius 1 is 1.10 bits per heavy atom. The first-order valence-electron chi connectivity index (χ1n) is 10.2. The van der Waals surface area contributed by atoms with Crippen LogP contribution in [0, 0.1) is 12.8 Å². The molecular formula is C22H25N3O5S. The summed E-state index contributed by atoms with van der Waals surface area (Å²) in [6, 6.07) is 13.8. The summed E-state index contributed by atoms with van der Waals surface area (Å²) in [5.41, 5.74) is 2.25. The molecule has 0 unspecified atom stereocenters. The number of nitrogens with one attached hydrogen (secondary N) is 1. The highest BCUT2D eigenvalue weighted by molar-refractivity contribution is 7.89. The molecule has 2 amide bonds. The quantitative estimate of drug-likeness (QED) is 0.763. The maximum atomic E-state index is 12.9. The van der Waals surface area contributed by atoms with Crippen LogP contribution < -0.4 is 10.2 Å². The average Bonchev–Trinajstić information content (AvgIpc) is 3.17. The van der Waals surface area contributed by atoms with Gasteiger partial charge in [-0.2, -0.15) is 4.31 Å². The number of carbonyl (C=O) groups excluding carboxylic acids is 2. The van der Waals surface area contributed by atoms with Crippen LogP contribution in [0.15, 0.2) is 53.4 Å². The van der Waals surface area contributed by atoms with E-state index in [2.05, 4.69) is 5.32 Å². The number of nitrogens with zero attached hydrogens (tertiary/aromatic N) is 2. The van der Waals surface area contributed by atoms with E-state index >= 15 is 0 Å². The van der Waals surface area contributed by atoms with Gasteiger partial charge in [0.05, 0.1) is 24.0 Å². The van der Waals surface area contributed by atoms with Gasteiger partial charge in [-0.05, 0) is 37.3 Å². The van der Waals surface area contributed by atoms with Gasteiger partial charge in [-0.25, -0.2) is 8.42 Å². The van der Waals surface area contributed by atoms with Crippen LogP contribution in [-0.4, -0.2) is 57.4 Å². The van der Waals surface area contributed by atoms with Crippen LogP contribution in [0.3, 0.4) is 0 Å². The molecule has 31 heavy (non-hydrogen) atoms. The molecule has 164 valence electrons. The highest BCUT2D eigenvalue weighted by Gasteiger charge is 2.35. The van der Waals surface area contributed by atoms with Crippen molar-refractivity contribution in [3.63, 3.8) is 0 Å². The summed E-state index contributed by atoms with van der Waals surface area (Å²) in [7, 11) is -3.66. The van der Waals surface area contributed by atoms with Crippen LogP contribution in [-0.2, 0) is 24.3 Å². The monoisotopic (exact) mass is 443 g/mol. The molecule has 0 bridgehead atoms. The van der Waals surface area contributed by atoms with E-state index in [1.165, 1.54) is 16.4 Å². The maximum Gasteiger partial charge on any atom is 0.243 e. The fraction of sp³-hybridized carbons (Fsp3) is 0.364. The Kier molecular flexibility index (Phi) is 6.08. The number of aryl methyl sites for hydroxylation is 1. The van der Waals surface area contributed by atoms with Crippen LogP contribution in [0.25, 0.3) is 0 Å². The molecular weight excluding hydrogens is 418 g/mol. The molecule has 0 spiro atoms. The third kappa shape index (κ3) is 4.63. The van der Waals surface area contributed by atoms with Crippen molar-refractivity contribution in [2.75, 3.05) is 43.1 Å². The summed E-state index contributed by atoms with van der Waals surface area (Å²) in [4.78, 5) is 27.0. The zero-order valence-electron chi connectivity index (χ0n) is 17.3. The normalized spacial score (nSPS) is 20.1. The van der Waals surface area contributed by atoms with Gasteiger partial charge in [0, 0.05) is 37.4 Å². The highest BCUT2D eigenvalue weighted by Crippen LogP contribution is 2.27. The number of anilines is 2. The Hall–Kier alpha value is -2.75. The van der Waals surface area contributed by atoms with E-state index in [-0.39, 0.29) is 23.1 Å². The van der Waals surface area contributed by atoms with E-state index in [1.807, 2.05) is 31.2 Å². The summed E-state index contributed by atoms with van der Waals surface area (Å²) >= 11 is 0. The lowest BCUT2D eigenvalue weighted by Crippen LogP contribution is -2.40. The molecule has 2 saturated heterocycles. The lowest BCUT2D eigenvalue weighted by atomic mass is 10.1. The molecule has 2 aromatic carbocycles. The number of hydrogen-bond donors (Lipinski definition) is 1. The molecule has 1 N–H and O–H groups in total. The summed E-state index contributed by atoms with van der Waals surface area (Å²) in [5.74, 6) is -0.912. The average molecular weight is 444 g/mol. The van der Waals surface area contributed by atoms with Gasteiger partial charge in [0.25, 0.3) is 0 Å². The van der Waals surface area contributed by atoms with E-state index in [4.69, 9.17) is 4.74 Å². The Balaban J connectivity index is 1.45. The minimum absolute atomic E-state index is 0.104. The molecule has 2 heterocycles. The van der Waals surface area contributed by atoms with Crippen LogP contribution in [0.2, 0.25) is 0 Å². The second-order valence-corrected chi connectivity index (χ2v) is 9.71. The standard InChI is InChI=1S/C22H25N3O5S/c1-16-5-7-19(8-6-16)25-15-17(13-21(25)26)22(27)23-18-3-2-4-20(14-18)31(28,29)24-9-11-30-12-10-24/h2-8,14,17H,9-13,15H2,1H3,(H,23,27)/t17-/m0/s1. The highest BCUT2D eigenvalue weighted by atomic mass is 32.2. The fourth-order valence-corrected chi connectivity index (χ4v) is 5.23. The van der Waals surface area contributed by atoms with Gasteiger partial charge in [-0.3, -0.25) is 9.59 Å². The molecule has 4 rings (SSSR count). The van der Waals surface area contributed by atoms with E-state index in [0.717, 1.165) is 11.3 Å². The zero-order valence-corrected chi connectivity index (χ0v) is 18.1. The Morgan fingerprint density at radius 2 is 1.81 bits per heavy atom. The predicted molar refractivity (Wildman–Crippen MR) is 116 cm³/mol. The van der Waals surface area contributed by atoms with Crippen LogP contribution >= 0.6 is 0 Å². The second-order valence-electron chi connectivity index (χ2n) is 7.77. The number of hydrogen-bond acceptors (Lipinski definition) is 5. The zero-order chi connectivity index (χ0) is 22.0. The smallest absolute Gasteiger partial charge is 0.243 e. The van der Waals surface area contributed by atoms with Gasteiger partial charge in [0.15, 0.2) is 0 Å². The van der Waals surface area contributed by atoms with E-state index < -0.39 is 15.9 Å². The van der Waals surface area contributed by atoms with Crippen LogP contribution in [0.5, 0.6) is 0 Å². The number of rotatable bonds is 5. The molecule has 2 aliphatic heterocycles. The van der Waals surface area contributed by atoms with Crippen molar-refractivity contribution in [2.45, 2.75) is 18.2 Å². The SMILES string of the molecule is Cc1ccc(N2C[C@@H](C(=O)Nc3cccc(S(=O)(=O)N4CCOCC4)c3)CC2=O)cc1. The topological polar surface area (TPSA) is 96.0 Å². The van der Waals surface area contributed by atoms with Crippen LogP contribution in [0.4, 0.5) is 11.4 Å². The molecule has 2 fully saturated rings. The molecule has 0 saturated carbocycles. The fourth-order valence-electron chi connectivity index (χ4n) is 3.77. The van der Waals surface area contributed by atoms with Crippen molar-refractivity contribution >= 4 is 33.2 Å². The van der Waals surface area contributed by atoms with Crippen molar-refractivity contribution in [3.05, 3.63) is 54.1 Å². The van der Waals surface area contributed by atoms with Crippen molar-refractivity contribution in [2.24, 2.45) is 5.92 Å². The summed E-state index contributed by atoms with van der Waals surface area (Å²) in [6.07, 6.45) is 0.117. The van der Waals surface area contributed by atoms with Gasteiger partial charge in [-0.15, -0.1) is 0 Å². The first kappa shape index (κ1) is 21.5. The maximum absolute atomic E-state index is 12.9. The molecule has 0 aliphatic carbocycles. The lowest BCUT2D eigenvalue weighted by molar-refractivity contribution is -0.122. The number of ether oxygens (including phenoxy) is 1. The number of carbonyl (C=O) groups is 2. The number of sulfonamides is 1. The molecule has 2 aromatic rings. The molecule has 0 radical (unpaired) electrons. The van der Waals surface area contributed by atoms with Gasteiger partial charge in [-0.1, -0.05) is 23.8 Å².